The first kappa shape index (κ1) is 48.5. The molecule has 2 saturated carbocycles. The van der Waals surface area contributed by atoms with E-state index in [0.29, 0.717) is 80.6 Å². The van der Waals surface area contributed by atoms with E-state index in [-0.39, 0.29) is 34.7 Å². The highest BCUT2D eigenvalue weighted by atomic mass is 32.2. The summed E-state index contributed by atoms with van der Waals surface area (Å²) in [6.45, 7) is 10.7. The van der Waals surface area contributed by atoms with Gasteiger partial charge in [0, 0.05) is 68.3 Å². The summed E-state index contributed by atoms with van der Waals surface area (Å²) in [4.78, 5) is 41.3. The van der Waals surface area contributed by atoms with Gasteiger partial charge >= 0.3 is 0 Å². The monoisotopic (exact) mass is 1000 g/mol. The number of fused-ring (bicyclic) bond motifs is 3. The molecule has 1 spiro atoms. The number of rotatable bonds is 11. The van der Waals surface area contributed by atoms with Crippen LogP contribution in [0.4, 0.5) is 28.4 Å². The number of ether oxygens (including phenoxy) is 3. The summed E-state index contributed by atoms with van der Waals surface area (Å²) < 4.78 is 49.3. The van der Waals surface area contributed by atoms with E-state index in [2.05, 4.69) is 67.8 Å². The number of benzene rings is 3. The van der Waals surface area contributed by atoms with Crippen LogP contribution in [0.15, 0.2) is 83.9 Å². The zero-order valence-electron chi connectivity index (χ0n) is 41.3. The fourth-order valence-electron chi connectivity index (χ4n) is 12.6. The molecule has 0 unspecified atom stereocenters. The molecule has 3 saturated heterocycles. The minimum atomic E-state index is -4.62. The quantitative estimate of drug-likeness (QED) is 0.0724. The number of aromatic nitrogens is 2. The van der Waals surface area contributed by atoms with E-state index in [9.17, 15) is 28.4 Å². The highest BCUT2D eigenvalue weighted by Crippen LogP contribution is 2.54. The van der Waals surface area contributed by atoms with Crippen LogP contribution < -0.4 is 24.6 Å². The molecule has 4 atom stereocenters. The third-order valence-corrected chi connectivity index (χ3v) is 18.2. The summed E-state index contributed by atoms with van der Waals surface area (Å²) in [5, 5.41) is 26.8. The molecule has 6 aliphatic rings. The topological polar surface area (TPSA) is 205 Å². The van der Waals surface area contributed by atoms with Crippen LogP contribution in [-0.2, 0) is 19.5 Å². The molecule has 0 bridgehead atoms. The normalized spacial score (nSPS) is 26.8. The number of nitro benzene ring substituents is 1. The molecule has 6 heterocycles. The van der Waals surface area contributed by atoms with Crippen molar-refractivity contribution < 1.29 is 37.5 Å². The Hall–Kier alpha value is -5.79. The number of anilines is 4. The third kappa shape index (κ3) is 9.40. The maximum atomic E-state index is 14.7. The van der Waals surface area contributed by atoms with Crippen LogP contribution in [0.1, 0.15) is 106 Å². The van der Waals surface area contributed by atoms with Gasteiger partial charge in [0.2, 0.25) is 5.88 Å². The fourth-order valence-corrected chi connectivity index (χ4v) is 13.6. The molecule has 4 N–H and O–H groups in total. The van der Waals surface area contributed by atoms with Crippen LogP contribution in [0.3, 0.4) is 0 Å². The number of nitrogens with one attached hydrogen (secondary N) is 3. The molecular weight excluding hydrogens is 937 g/mol. The van der Waals surface area contributed by atoms with Gasteiger partial charge in [0.05, 0.1) is 52.0 Å². The summed E-state index contributed by atoms with van der Waals surface area (Å²) in [6.07, 6.45) is 10.1. The second-order valence-electron chi connectivity index (χ2n) is 21.7. The number of hydrogen-bond donors (Lipinski definition) is 4. The number of nitrogens with zero attached hydrogens (tertiary/aromatic N) is 5. The van der Waals surface area contributed by atoms with E-state index >= 15 is 0 Å². The van der Waals surface area contributed by atoms with Crippen molar-refractivity contribution in [3.63, 3.8) is 0 Å². The minimum Gasteiger partial charge on any atom is -0.468 e. The zero-order chi connectivity index (χ0) is 49.9. The second-order valence-corrected chi connectivity index (χ2v) is 23.3. The van der Waals surface area contributed by atoms with Gasteiger partial charge in [-0.2, -0.15) is 4.98 Å². The van der Waals surface area contributed by atoms with Crippen molar-refractivity contribution in [1.82, 2.24) is 19.6 Å². The largest absolute Gasteiger partial charge is 0.468 e. The average molecular weight is 1000 g/mol. The van der Waals surface area contributed by atoms with Crippen molar-refractivity contribution in [1.29, 1.82) is 0 Å². The van der Waals surface area contributed by atoms with Crippen molar-refractivity contribution in [3.05, 3.63) is 106 Å². The summed E-state index contributed by atoms with van der Waals surface area (Å²) in [6, 6.07) is 22.7. The molecule has 1 amide bonds. The number of piperidine rings is 1. The lowest BCUT2D eigenvalue weighted by Crippen LogP contribution is -2.57. The van der Waals surface area contributed by atoms with Crippen molar-refractivity contribution >= 4 is 55.4 Å². The van der Waals surface area contributed by atoms with Crippen LogP contribution in [0, 0.1) is 28.4 Å². The van der Waals surface area contributed by atoms with Gasteiger partial charge in [-0.25, -0.2) is 13.1 Å². The highest BCUT2D eigenvalue weighted by Gasteiger charge is 2.51. The van der Waals surface area contributed by atoms with Crippen LogP contribution in [0.2, 0.25) is 0 Å². The molecule has 3 aromatic carbocycles. The Kier molecular flexibility index (Phi) is 13.0. The standard InChI is InChI=1S/C54H66N8O9S/c1-34-6-4-5-7-41(34)48-32-69-24-15-35(2)60(48)39-29-54(30-39)19-22-59(23-20-54)38-8-10-42(45(27-38)61-44-16-25-70-33-49(44)71-52-47(61)26-37-14-21-55-50(37)57-52)51(63)58-72(67,68)40-9-11-43(46(28-40)62(65)66)56-31-36-12-17-53(3,64)18-13-36/h4-11,14,21,26-28,35-36,39,44,48-49,56,64H,12-13,15-20,22-25,29-33H2,1-3H3,(H,55,57)(H,58,63)/t35-,36-,44+,48+,49+,53-/m1/s1. The first-order chi connectivity index (χ1) is 34.6. The Bertz CT molecular complexity index is 2960. The Balaban J connectivity index is 0.871. The van der Waals surface area contributed by atoms with Gasteiger partial charge in [0.1, 0.15) is 23.1 Å². The lowest BCUT2D eigenvalue weighted by Gasteiger charge is -2.57. The highest BCUT2D eigenvalue weighted by molar-refractivity contribution is 7.90. The van der Waals surface area contributed by atoms with Gasteiger partial charge < -0.3 is 39.4 Å². The van der Waals surface area contributed by atoms with E-state index in [4.69, 9.17) is 19.2 Å². The number of hydrogen-bond acceptors (Lipinski definition) is 14. The number of amides is 1. The Morgan fingerprint density at radius 2 is 1.71 bits per heavy atom. The van der Waals surface area contributed by atoms with Gasteiger partial charge in [-0.1, -0.05) is 24.3 Å². The van der Waals surface area contributed by atoms with E-state index in [1.165, 1.54) is 23.3 Å². The molecular formula is C54H66N8O9S. The Morgan fingerprint density at radius 3 is 2.49 bits per heavy atom. The summed E-state index contributed by atoms with van der Waals surface area (Å²) in [5.74, 6) is -0.313. The molecule has 4 aliphatic heterocycles. The van der Waals surface area contributed by atoms with Gasteiger partial charge in [0.25, 0.3) is 21.6 Å². The van der Waals surface area contributed by atoms with Crippen LogP contribution in [0.5, 0.6) is 5.88 Å². The van der Waals surface area contributed by atoms with E-state index < -0.39 is 43.1 Å². The number of aryl methyl sites for hydroxylation is 1. The SMILES string of the molecule is Cc1ccccc1[C@@H]1COCC[C@@H](C)N1C1CC2(CCN(c3ccc(C(=O)NS(=O)(=O)c4ccc(NC[C@H]5CC[C@](C)(O)CC5)c([N+](=O)[O-])c4)c(N4c5cc6cc[nH]c6nc5O[C@H]5COCC[C@@H]54)c3)CC2)C1. The van der Waals surface area contributed by atoms with Crippen LogP contribution in [0.25, 0.3) is 11.0 Å². The predicted molar refractivity (Wildman–Crippen MR) is 275 cm³/mol. The third-order valence-electron chi connectivity index (χ3n) is 16.9. The van der Waals surface area contributed by atoms with E-state index in [0.717, 1.165) is 81.8 Å². The maximum absolute atomic E-state index is 14.7. The van der Waals surface area contributed by atoms with E-state index in [1.807, 2.05) is 37.4 Å². The van der Waals surface area contributed by atoms with Crippen molar-refractivity contribution in [2.24, 2.45) is 11.3 Å². The van der Waals surface area contributed by atoms with Crippen molar-refractivity contribution in [2.45, 2.75) is 126 Å². The molecule has 5 fully saturated rings. The van der Waals surface area contributed by atoms with Crippen LogP contribution in [-0.4, -0.2) is 115 Å². The number of carbonyl (C=O) groups is 1. The maximum Gasteiger partial charge on any atom is 0.293 e. The lowest BCUT2D eigenvalue weighted by molar-refractivity contribution is -0.384. The van der Waals surface area contributed by atoms with Gasteiger partial charge in [0.15, 0.2) is 0 Å². The molecule has 72 heavy (non-hydrogen) atoms. The van der Waals surface area contributed by atoms with Gasteiger partial charge in [-0.15, -0.1) is 0 Å². The molecule has 382 valence electrons. The molecule has 17 nitrogen and oxygen atoms in total. The molecule has 11 rings (SSSR count). The number of pyridine rings is 1. The number of sulfonamides is 1. The minimum absolute atomic E-state index is 0.114. The van der Waals surface area contributed by atoms with Gasteiger partial charge in [-0.05, 0) is 150 Å². The van der Waals surface area contributed by atoms with Crippen molar-refractivity contribution in [2.75, 3.05) is 61.2 Å². The second kappa shape index (κ2) is 19.2. The summed E-state index contributed by atoms with van der Waals surface area (Å²) in [5.41, 5.74) is 4.74. The van der Waals surface area contributed by atoms with Crippen LogP contribution >= 0.6 is 0 Å². The number of carbonyl (C=O) groups excluding carboxylic acids is 1. The Labute approximate surface area is 420 Å². The van der Waals surface area contributed by atoms with Gasteiger partial charge in [-0.3, -0.25) is 19.8 Å². The number of H-pyrrole nitrogens is 1. The number of aromatic amines is 1. The van der Waals surface area contributed by atoms with Crippen molar-refractivity contribution in [3.8, 4) is 5.88 Å². The molecule has 18 heteroatoms. The first-order valence-electron chi connectivity index (χ1n) is 25.8. The first-order valence-corrected chi connectivity index (χ1v) is 27.3. The number of aliphatic hydroxyl groups is 1. The molecule has 2 aromatic heterocycles. The Morgan fingerprint density at radius 1 is 0.944 bits per heavy atom. The van der Waals surface area contributed by atoms with E-state index in [1.54, 1.807) is 6.07 Å². The molecule has 5 aromatic rings. The summed E-state index contributed by atoms with van der Waals surface area (Å²) >= 11 is 0. The predicted octanol–water partition coefficient (Wildman–Crippen LogP) is 8.54. The summed E-state index contributed by atoms with van der Waals surface area (Å²) in [7, 11) is -4.62. The lowest BCUT2D eigenvalue weighted by atomic mass is 9.59. The average Bonchev–Trinajstić information content (AvgIpc) is 3.73. The zero-order valence-corrected chi connectivity index (χ0v) is 42.2. The smallest absolute Gasteiger partial charge is 0.293 e. The fraction of sp³-hybridized carbons (Fsp3) is 0.519. The molecule has 2 aliphatic carbocycles. The number of nitro groups is 1. The molecule has 0 radical (unpaired) electrons.